The van der Waals surface area contributed by atoms with Crippen LogP contribution < -0.4 is 11.1 Å². The Labute approximate surface area is 95.7 Å². The van der Waals surface area contributed by atoms with E-state index in [1.807, 2.05) is 18.7 Å². The summed E-state index contributed by atoms with van der Waals surface area (Å²) in [5, 5.41) is 14.9. The minimum atomic E-state index is 0.0917. The molecule has 15 heavy (non-hydrogen) atoms. The van der Waals surface area contributed by atoms with Crippen molar-refractivity contribution in [3.8, 4) is 0 Å². The molecular weight excluding hydrogens is 210 g/mol. The average Bonchev–Trinajstić information content (AvgIpc) is 2.20. The van der Waals surface area contributed by atoms with Crippen LogP contribution in [0.25, 0.3) is 0 Å². The highest BCUT2D eigenvalue weighted by molar-refractivity contribution is 8.00. The second-order valence-corrected chi connectivity index (χ2v) is 5.57. The Morgan fingerprint density at radius 1 is 1.67 bits per heavy atom. The van der Waals surface area contributed by atoms with Gasteiger partial charge in [0.1, 0.15) is 5.84 Å². The molecule has 1 rings (SSSR count). The number of nitrogens with two attached hydrogens (primary N) is 1. The Bertz CT molecular complexity index is 223. The van der Waals surface area contributed by atoms with Crippen molar-refractivity contribution in [1.29, 1.82) is 0 Å². The predicted molar refractivity (Wildman–Crippen MR) is 65.5 cm³/mol. The molecule has 4 N–H and O–H groups in total. The summed E-state index contributed by atoms with van der Waals surface area (Å²) in [6.45, 7) is 3.75. The van der Waals surface area contributed by atoms with Crippen molar-refractivity contribution in [1.82, 2.24) is 5.32 Å². The van der Waals surface area contributed by atoms with Gasteiger partial charge in [-0.3, -0.25) is 0 Å². The Hall–Kier alpha value is -0.420. The van der Waals surface area contributed by atoms with Crippen molar-refractivity contribution in [2.24, 2.45) is 16.8 Å². The first-order valence-electron chi connectivity index (χ1n) is 5.37. The summed E-state index contributed by atoms with van der Waals surface area (Å²) in [5.41, 5.74) is 5.50. The third-order valence-electron chi connectivity index (χ3n) is 3.22. The quantitative estimate of drug-likeness (QED) is 0.278. The molecule has 5 heteroatoms. The monoisotopic (exact) mass is 231 g/mol. The van der Waals surface area contributed by atoms with Gasteiger partial charge in [0.05, 0.1) is 0 Å². The molecular formula is C10H21N3OS. The number of amidine groups is 1. The van der Waals surface area contributed by atoms with Crippen LogP contribution in [0.1, 0.15) is 26.2 Å². The summed E-state index contributed by atoms with van der Waals surface area (Å²) in [6.07, 6.45) is 6.13. The number of hydrogen-bond donors (Lipinski definition) is 3. The van der Waals surface area contributed by atoms with Crippen LogP contribution in [0, 0.1) is 5.92 Å². The minimum absolute atomic E-state index is 0.0917. The van der Waals surface area contributed by atoms with E-state index in [1.165, 1.54) is 19.3 Å². The maximum absolute atomic E-state index is 8.50. The molecule has 4 nitrogen and oxygen atoms in total. The fourth-order valence-corrected chi connectivity index (χ4v) is 2.69. The van der Waals surface area contributed by atoms with Crippen LogP contribution in [0.3, 0.4) is 0 Å². The normalized spacial score (nSPS) is 22.1. The summed E-state index contributed by atoms with van der Waals surface area (Å²) in [7, 11) is 0. The molecule has 0 bridgehead atoms. The zero-order valence-corrected chi connectivity index (χ0v) is 10.3. The summed E-state index contributed by atoms with van der Waals surface area (Å²) in [5.74, 6) is 0.392. The fourth-order valence-electron chi connectivity index (χ4n) is 1.74. The van der Waals surface area contributed by atoms with Crippen LogP contribution in [-0.4, -0.2) is 35.1 Å². The second kappa shape index (κ2) is 5.61. The van der Waals surface area contributed by atoms with Crippen LogP contribution in [0.15, 0.2) is 5.16 Å². The number of nitrogens with zero attached hydrogens (tertiary/aromatic N) is 1. The maximum atomic E-state index is 8.50. The van der Waals surface area contributed by atoms with Gasteiger partial charge in [0, 0.05) is 23.8 Å². The zero-order chi connectivity index (χ0) is 11.3. The SMILES string of the molecule is CSC1(CNCC(C)C(N)=NO)CCC1. The molecule has 0 aromatic rings. The Kier molecular flexibility index (Phi) is 4.73. The van der Waals surface area contributed by atoms with Crippen LogP contribution in [0.2, 0.25) is 0 Å². The summed E-state index contributed by atoms with van der Waals surface area (Å²) in [6, 6.07) is 0. The van der Waals surface area contributed by atoms with Crippen molar-refractivity contribution < 1.29 is 5.21 Å². The molecule has 0 saturated heterocycles. The summed E-state index contributed by atoms with van der Waals surface area (Å²) < 4.78 is 0.449. The van der Waals surface area contributed by atoms with E-state index < -0.39 is 0 Å². The third-order valence-corrected chi connectivity index (χ3v) is 4.63. The van der Waals surface area contributed by atoms with E-state index in [4.69, 9.17) is 10.9 Å². The molecule has 1 aliphatic rings. The molecule has 0 aromatic carbocycles. The van der Waals surface area contributed by atoms with Crippen molar-refractivity contribution in [2.45, 2.75) is 30.9 Å². The van der Waals surface area contributed by atoms with E-state index in [0.29, 0.717) is 10.6 Å². The smallest absolute Gasteiger partial charge is 0.143 e. The lowest BCUT2D eigenvalue weighted by atomic mass is 9.84. The lowest BCUT2D eigenvalue weighted by Gasteiger charge is -2.40. The molecule has 1 unspecified atom stereocenters. The Morgan fingerprint density at radius 3 is 2.73 bits per heavy atom. The molecule has 88 valence electrons. The van der Waals surface area contributed by atoms with Crippen molar-refractivity contribution in [3.05, 3.63) is 0 Å². The number of hydrogen-bond acceptors (Lipinski definition) is 4. The van der Waals surface area contributed by atoms with Crippen molar-refractivity contribution in [2.75, 3.05) is 19.3 Å². The lowest BCUT2D eigenvalue weighted by molar-refractivity contribution is 0.312. The molecule has 0 spiro atoms. The first-order chi connectivity index (χ1) is 7.13. The molecule has 0 radical (unpaired) electrons. The van der Waals surface area contributed by atoms with E-state index >= 15 is 0 Å². The lowest BCUT2D eigenvalue weighted by Crippen LogP contribution is -2.45. The highest BCUT2D eigenvalue weighted by Gasteiger charge is 2.35. The van der Waals surface area contributed by atoms with Gasteiger partial charge < -0.3 is 16.3 Å². The highest BCUT2D eigenvalue weighted by atomic mass is 32.2. The molecule has 0 aliphatic heterocycles. The molecule has 0 aromatic heterocycles. The molecule has 1 aliphatic carbocycles. The van der Waals surface area contributed by atoms with Gasteiger partial charge in [0.2, 0.25) is 0 Å². The first kappa shape index (κ1) is 12.6. The van der Waals surface area contributed by atoms with Crippen molar-refractivity contribution >= 4 is 17.6 Å². The molecule has 0 amide bonds. The number of nitrogens with one attached hydrogen (secondary N) is 1. The standard InChI is InChI=1S/C10H21N3OS/c1-8(9(11)13-14)6-12-7-10(15-2)4-3-5-10/h8,12,14H,3-7H2,1-2H3,(H2,11,13). The van der Waals surface area contributed by atoms with Gasteiger partial charge in [-0.05, 0) is 19.1 Å². The van der Waals surface area contributed by atoms with Gasteiger partial charge in [0.15, 0.2) is 0 Å². The van der Waals surface area contributed by atoms with E-state index in [2.05, 4.69) is 16.7 Å². The van der Waals surface area contributed by atoms with Crippen LogP contribution in [-0.2, 0) is 0 Å². The summed E-state index contributed by atoms with van der Waals surface area (Å²) in [4.78, 5) is 0. The fraction of sp³-hybridized carbons (Fsp3) is 0.900. The van der Waals surface area contributed by atoms with E-state index in [1.54, 1.807) is 0 Å². The van der Waals surface area contributed by atoms with Gasteiger partial charge in [-0.2, -0.15) is 11.8 Å². The predicted octanol–water partition coefficient (Wildman–Crippen LogP) is 1.24. The molecule has 0 heterocycles. The Morgan fingerprint density at radius 2 is 2.33 bits per heavy atom. The first-order valence-corrected chi connectivity index (χ1v) is 6.59. The van der Waals surface area contributed by atoms with E-state index in [-0.39, 0.29) is 5.92 Å². The van der Waals surface area contributed by atoms with Gasteiger partial charge in [-0.25, -0.2) is 0 Å². The van der Waals surface area contributed by atoms with Gasteiger partial charge in [-0.15, -0.1) is 0 Å². The van der Waals surface area contributed by atoms with Crippen LogP contribution in [0.4, 0.5) is 0 Å². The number of thioether (sulfide) groups is 1. The number of oxime groups is 1. The van der Waals surface area contributed by atoms with Crippen LogP contribution >= 0.6 is 11.8 Å². The van der Waals surface area contributed by atoms with Gasteiger partial charge >= 0.3 is 0 Å². The molecule has 1 fully saturated rings. The topological polar surface area (TPSA) is 70.6 Å². The maximum Gasteiger partial charge on any atom is 0.143 e. The van der Waals surface area contributed by atoms with Gasteiger partial charge in [-0.1, -0.05) is 18.5 Å². The highest BCUT2D eigenvalue weighted by Crippen LogP contribution is 2.42. The van der Waals surface area contributed by atoms with E-state index in [9.17, 15) is 0 Å². The largest absolute Gasteiger partial charge is 0.409 e. The van der Waals surface area contributed by atoms with Crippen molar-refractivity contribution in [3.63, 3.8) is 0 Å². The zero-order valence-electron chi connectivity index (χ0n) is 9.49. The van der Waals surface area contributed by atoms with Gasteiger partial charge in [0.25, 0.3) is 0 Å². The third kappa shape index (κ3) is 3.28. The molecule has 1 atom stereocenters. The minimum Gasteiger partial charge on any atom is -0.409 e. The molecule has 1 saturated carbocycles. The second-order valence-electron chi connectivity index (χ2n) is 4.30. The Balaban J connectivity index is 2.21. The average molecular weight is 231 g/mol. The number of rotatable bonds is 6. The summed E-state index contributed by atoms with van der Waals surface area (Å²) >= 11 is 1.95. The van der Waals surface area contributed by atoms with E-state index in [0.717, 1.165) is 13.1 Å². The van der Waals surface area contributed by atoms with Crippen LogP contribution in [0.5, 0.6) is 0 Å².